The SMILES string of the molecule is Cc1ccc(F)c(C(=O)N2C[C@@H]3CN(C)[C@@H](c4cccc(F)c4)[C@@H]3C2)c1Cl.Cl. The van der Waals surface area contributed by atoms with Crippen molar-refractivity contribution in [3.05, 3.63) is 69.7 Å². The molecule has 0 radical (unpaired) electrons. The Morgan fingerprint density at radius 2 is 1.89 bits per heavy atom. The second-order valence-electron chi connectivity index (χ2n) is 7.63. The standard InChI is InChI=1S/C21H21ClF2N2O.ClH/c1-12-6-7-17(24)18(19(12)22)21(27)26-10-14-9-25(2)20(16(14)11-26)13-4-3-5-15(23)8-13;/h3-8,14,16,20H,9-11H2,1-2H3;1H/t14-,16+,20-;/m0./s1. The lowest BCUT2D eigenvalue weighted by molar-refractivity contribution is 0.0763. The molecule has 28 heavy (non-hydrogen) atoms. The number of fused-ring (bicyclic) bond motifs is 1. The molecule has 4 rings (SSSR count). The van der Waals surface area contributed by atoms with E-state index in [1.807, 2.05) is 13.1 Å². The number of hydrogen-bond acceptors (Lipinski definition) is 2. The molecule has 2 saturated heterocycles. The molecule has 3 atom stereocenters. The summed E-state index contributed by atoms with van der Waals surface area (Å²) in [6, 6.07) is 9.53. The first-order chi connectivity index (χ1) is 12.9. The molecule has 0 N–H and O–H groups in total. The average molecular weight is 427 g/mol. The molecule has 2 aromatic carbocycles. The number of hydrogen-bond donors (Lipinski definition) is 0. The average Bonchev–Trinajstić information content (AvgIpc) is 3.15. The minimum Gasteiger partial charge on any atom is -0.338 e. The van der Waals surface area contributed by atoms with Crippen LogP contribution in [0, 0.1) is 30.4 Å². The fourth-order valence-electron chi connectivity index (χ4n) is 4.63. The normalized spacial score (nSPS) is 24.2. The molecule has 0 aliphatic carbocycles. The van der Waals surface area contributed by atoms with Crippen LogP contribution < -0.4 is 0 Å². The molecule has 0 spiro atoms. The Labute approximate surface area is 174 Å². The third kappa shape index (κ3) is 3.51. The van der Waals surface area contributed by atoms with Crippen molar-refractivity contribution in [2.45, 2.75) is 13.0 Å². The van der Waals surface area contributed by atoms with E-state index in [0.29, 0.717) is 18.7 Å². The number of halogens is 4. The van der Waals surface area contributed by atoms with Crippen molar-refractivity contribution in [3.63, 3.8) is 0 Å². The molecule has 1 amide bonds. The number of carbonyl (C=O) groups excluding carboxylic acids is 1. The number of rotatable bonds is 2. The van der Waals surface area contributed by atoms with Crippen LogP contribution in [0.4, 0.5) is 8.78 Å². The van der Waals surface area contributed by atoms with Gasteiger partial charge in [-0.2, -0.15) is 0 Å². The summed E-state index contributed by atoms with van der Waals surface area (Å²) in [7, 11) is 2.02. The van der Waals surface area contributed by atoms with Crippen molar-refractivity contribution in [1.82, 2.24) is 9.80 Å². The van der Waals surface area contributed by atoms with Gasteiger partial charge in [-0.3, -0.25) is 9.69 Å². The van der Waals surface area contributed by atoms with Crippen LogP contribution in [-0.2, 0) is 0 Å². The highest BCUT2D eigenvalue weighted by molar-refractivity contribution is 6.34. The topological polar surface area (TPSA) is 23.6 Å². The Balaban J connectivity index is 0.00000225. The summed E-state index contributed by atoms with van der Waals surface area (Å²) in [5.41, 5.74) is 1.55. The Kier molecular flexibility index (Phi) is 5.99. The highest BCUT2D eigenvalue weighted by atomic mass is 35.5. The summed E-state index contributed by atoms with van der Waals surface area (Å²) in [4.78, 5) is 16.9. The number of amides is 1. The molecule has 7 heteroatoms. The zero-order chi connectivity index (χ0) is 19.3. The monoisotopic (exact) mass is 426 g/mol. The van der Waals surface area contributed by atoms with E-state index >= 15 is 0 Å². The van der Waals surface area contributed by atoms with E-state index < -0.39 is 5.82 Å². The van der Waals surface area contributed by atoms with Gasteiger partial charge in [0, 0.05) is 31.6 Å². The molecule has 3 nitrogen and oxygen atoms in total. The molecular weight excluding hydrogens is 405 g/mol. The number of carbonyl (C=O) groups is 1. The lowest BCUT2D eigenvalue weighted by Crippen LogP contribution is -2.34. The molecule has 2 fully saturated rings. The summed E-state index contributed by atoms with van der Waals surface area (Å²) in [6.07, 6.45) is 0. The molecule has 0 unspecified atom stereocenters. The molecule has 0 saturated carbocycles. The molecule has 2 aliphatic rings. The van der Waals surface area contributed by atoms with Crippen LogP contribution in [0.1, 0.15) is 27.5 Å². The van der Waals surface area contributed by atoms with E-state index in [1.165, 1.54) is 12.1 Å². The van der Waals surface area contributed by atoms with Gasteiger partial charge in [0.15, 0.2) is 0 Å². The maximum absolute atomic E-state index is 14.3. The molecule has 0 bridgehead atoms. The largest absolute Gasteiger partial charge is 0.338 e. The van der Waals surface area contributed by atoms with Gasteiger partial charge in [-0.25, -0.2) is 8.78 Å². The zero-order valence-electron chi connectivity index (χ0n) is 15.7. The van der Waals surface area contributed by atoms with Gasteiger partial charge in [0.05, 0.1) is 10.6 Å². The predicted molar refractivity (Wildman–Crippen MR) is 108 cm³/mol. The van der Waals surface area contributed by atoms with Gasteiger partial charge < -0.3 is 4.90 Å². The third-order valence-electron chi connectivity index (χ3n) is 5.87. The second-order valence-corrected chi connectivity index (χ2v) is 8.00. The molecular formula is C21H22Cl2F2N2O. The van der Waals surface area contributed by atoms with Crippen molar-refractivity contribution in [2.75, 3.05) is 26.7 Å². The Morgan fingerprint density at radius 1 is 1.14 bits per heavy atom. The number of nitrogens with zero attached hydrogens (tertiary/aromatic N) is 2. The first-order valence-electron chi connectivity index (χ1n) is 9.06. The van der Waals surface area contributed by atoms with E-state index in [-0.39, 0.29) is 52.6 Å². The fourth-order valence-corrected chi connectivity index (χ4v) is 4.86. The van der Waals surface area contributed by atoms with Crippen LogP contribution in [-0.4, -0.2) is 42.4 Å². The van der Waals surface area contributed by atoms with Gasteiger partial charge in [0.2, 0.25) is 0 Å². The zero-order valence-corrected chi connectivity index (χ0v) is 17.2. The van der Waals surface area contributed by atoms with Crippen molar-refractivity contribution >= 4 is 29.9 Å². The van der Waals surface area contributed by atoms with Crippen molar-refractivity contribution in [1.29, 1.82) is 0 Å². The number of aryl methyl sites for hydroxylation is 1. The maximum atomic E-state index is 14.3. The van der Waals surface area contributed by atoms with Crippen LogP contribution in [0.2, 0.25) is 5.02 Å². The molecule has 2 aliphatic heterocycles. The Bertz CT molecular complexity index is 908. The molecule has 150 valence electrons. The Hall–Kier alpha value is -1.69. The van der Waals surface area contributed by atoms with Crippen LogP contribution in [0.3, 0.4) is 0 Å². The van der Waals surface area contributed by atoms with E-state index in [4.69, 9.17) is 11.6 Å². The lowest BCUT2D eigenvalue weighted by atomic mass is 9.89. The minimum absolute atomic E-state index is 0. The van der Waals surface area contributed by atoms with Gasteiger partial charge in [0.25, 0.3) is 5.91 Å². The number of benzene rings is 2. The van der Waals surface area contributed by atoms with Gasteiger partial charge in [-0.15, -0.1) is 12.4 Å². The van der Waals surface area contributed by atoms with Gasteiger partial charge in [-0.1, -0.05) is 29.8 Å². The Morgan fingerprint density at radius 3 is 2.61 bits per heavy atom. The summed E-state index contributed by atoms with van der Waals surface area (Å²) in [6.45, 7) is 3.65. The van der Waals surface area contributed by atoms with E-state index in [9.17, 15) is 13.6 Å². The molecule has 0 aromatic heterocycles. The summed E-state index contributed by atoms with van der Waals surface area (Å²) in [5.74, 6) is -0.752. The van der Waals surface area contributed by atoms with Gasteiger partial charge >= 0.3 is 0 Å². The first-order valence-corrected chi connectivity index (χ1v) is 9.44. The minimum atomic E-state index is -0.591. The quantitative estimate of drug-likeness (QED) is 0.693. The summed E-state index contributed by atoms with van der Waals surface area (Å²) < 4.78 is 28.0. The van der Waals surface area contributed by atoms with Crippen molar-refractivity contribution < 1.29 is 13.6 Å². The smallest absolute Gasteiger partial charge is 0.258 e. The van der Waals surface area contributed by atoms with Crippen LogP contribution >= 0.6 is 24.0 Å². The first kappa shape index (κ1) is 21.0. The highest BCUT2D eigenvalue weighted by Crippen LogP contribution is 2.44. The summed E-state index contributed by atoms with van der Waals surface area (Å²) >= 11 is 6.22. The van der Waals surface area contributed by atoms with E-state index in [2.05, 4.69) is 4.90 Å². The predicted octanol–water partition coefficient (Wildman–Crippen LogP) is 4.72. The van der Waals surface area contributed by atoms with Gasteiger partial charge in [-0.05, 0) is 49.2 Å². The highest BCUT2D eigenvalue weighted by Gasteiger charge is 2.47. The maximum Gasteiger partial charge on any atom is 0.258 e. The van der Waals surface area contributed by atoms with Crippen LogP contribution in [0.15, 0.2) is 36.4 Å². The molecule has 2 heterocycles. The van der Waals surface area contributed by atoms with E-state index in [1.54, 1.807) is 30.0 Å². The molecule has 2 aromatic rings. The lowest BCUT2D eigenvalue weighted by Gasteiger charge is -2.27. The van der Waals surface area contributed by atoms with Gasteiger partial charge in [0.1, 0.15) is 11.6 Å². The van der Waals surface area contributed by atoms with Crippen LogP contribution in [0.25, 0.3) is 0 Å². The van der Waals surface area contributed by atoms with E-state index in [0.717, 1.165) is 12.1 Å². The third-order valence-corrected chi connectivity index (χ3v) is 6.36. The van der Waals surface area contributed by atoms with Crippen LogP contribution in [0.5, 0.6) is 0 Å². The van der Waals surface area contributed by atoms with Crippen molar-refractivity contribution in [2.24, 2.45) is 11.8 Å². The second kappa shape index (κ2) is 7.97. The van der Waals surface area contributed by atoms with Crippen molar-refractivity contribution in [3.8, 4) is 0 Å². The summed E-state index contributed by atoms with van der Waals surface area (Å²) in [5, 5.41) is 0.177. The number of likely N-dealkylation sites (tertiary alicyclic amines) is 2. The fraction of sp³-hybridized carbons (Fsp3) is 0.381.